The Labute approximate surface area is 120 Å². The van der Waals surface area contributed by atoms with E-state index in [2.05, 4.69) is 21.0 Å². The Bertz CT molecular complexity index is 608. The zero-order valence-corrected chi connectivity index (χ0v) is 13.1. The Morgan fingerprint density at radius 2 is 2.00 bits per heavy atom. The highest BCUT2D eigenvalue weighted by atomic mass is 79.9. The number of methoxy groups -OCH3 is 1. The van der Waals surface area contributed by atoms with Crippen molar-refractivity contribution in [3.8, 4) is 17.0 Å². The third-order valence-electron chi connectivity index (χ3n) is 2.89. The maximum Gasteiger partial charge on any atom is 0.128 e. The highest BCUT2D eigenvalue weighted by Crippen LogP contribution is 2.38. The van der Waals surface area contributed by atoms with E-state index in [0.717, 1.165) is 37.8 Å². The van der Waals surface area contributed by atoms with Gasteiger partial charge in [-0.15, -0.1) is 0 Å². The van der Waals surface area contributed by atoms with Gasteiger partial charge in [-0.05, 0) is 47.5 Å². The van der Waals surface area contributed by atoms with E-state index < -0.39 is 0 Å². The monoisotopic (exact) mass is 328 g/mol. The van der Waals surface area contributed by atoms with E-state index in [0.29, 0.717) is 0 Å². The second-order valence-electron chi connectivity index (χ2n) is 4.17. The number of ether oxygens (including phenoxy) is 1. The molecule has 0 saturated carbocycles. The lowest BCUT2D eigenvalue weighted by atomic mass is 10.1. The molecule has 0 N–H and O–H groups in total. The number of rotatable bonds is 2. The first-order valence-electron chi connectivity index (χ1n) is 5.49. The van der Waals surface area contributed by atoms with Gasteiger partial charge in [-0.3, -0.25) is 4.68 Å². The van der Waals surface area contributed by atoms with Crippen LogP contribution < -0.4 is 4.74 Å². The molecule has 0 radical (unpaired) electrons. The molecule has 0 aliphatic carbocycles. The van der Waals surface area contributed by atoms with Gasteiger partial charge >= 0.3 is 0 Å². The Morgan fingerprint density at radius 1 is 1.33 bits per heavy atom. The topological polar surface area (TPSA) is 27.1 Å². The molecule has 0 unspecified atom stereocenters. The van der Waals surface area contributed by atoms with E-state index in [1.807, 2.05) is 37.7 Å². The number of hydrogen-bond acceptors (Lipinski definition) is 2. The van der Waals surface area contributed by atoms with Crippen LogP contribution in [-0.2, 0) is 7.05 Å². The normalized spacial score (nSPS) is 10.8. The summed E-state index contributed by atoms with van der Waals surface area (Å²) in [6.07, 6.45) is 0. The lowest BCUT2D eigenvalue weighted by Gasteiger charge is -2.11. The van der Waals surface area contributed by atoms with Crippen molar-refractivity contribution in [1.29, 1.82) is 0 Å². The van der Waals surface area contributed by atoms with Gasteiger partial charge in [-0.1, -0.05) is 11.6 Å². The molecule has 0 aliphatic heterocycles. The lowest BCUT2D eigenvalue weighted by molar-refractivity contribution is 0.415. The van der Waals surface area contributed by atoms with Crippen molar-refractivity contribution in [3.05, 3.63) is 32.9 Å². The highest BCUT2D eigenvalue weighted by molar-refractivity contribution is 9.10. The van der Waals surface area contributed by atoms with E-state index in [4.69, 9.17) is 16.3 Å². The molecule has 96 valence electrons. The van der Waals surface area contributed by atoms with Gasteiger partial charge in [0, 0.05) is 17.6 Å². The number of nitrogens with zero attached hydrogens (tertiary/aromatic N) is 2. The van der Waals surface area contributed by atoms with E-state index in [1.165, 1.54) is 0 Å². The van der Waals surface area contributed by atoms with Crippen molar-refractivity contribution in [2.75, 3.05) is 7.11 Å². The molecule has 2 rings (SSSR count). The van der Waals surface area contributed by atoms with Crippen molar-refractivity contribution < 1.29 is 4.74 Å². The fourth-order valence-electron chi connectivity index (χ4n) is 1.93. The molecule has 0 bridgehead atoms. The van der Waals surface area contributed by atoms with Crippen LogP contribution in [0.1, 0.15) is 11.3 Å². The maximum atomic E-state index is 6.20. The van der Waals surface area contributed by atoms with Gasteiger partial charge in [-0.25, -0.2) is 0 Å². The average molecular weight is 330 g/mol. The van der Waals surface area contributed by atoms with Crippen molar-refractivity contribution in [2.24, 2.45) is 7.05 Å². The number of hydrogen-bond donors (Lipinski definition) is 0. The summed E-state index contributed by atoms with van der Waals surface area (Å²) in [7, 11) is 3.56. The largest absolute Gasteiger partial charge is 0.496 e. The quantitative estimate of drug-likeness (QED) is 0.828. The molecule has 2 aromatic rings. The molecule has 0 saturated heterocycles. The van der Waals surface area contributed by atoms with Crippen LogP contribution in [0.25, 0.3) is 11.3 Å². The Kier molecular flexibility index (Phi) is 3.69. The minimum atomic E-state index is 0.719. The standard InChI is InChI=1S/C13H14BrClN2O/c1-7-5-11(18-4)9(6-10(7)15)13-12(14)8(2)16-17(13)3/h5-6H,1-4H3. The summed E-state index contributed by atoms with van der Waals surface area (Å²) >= 11 is 9.77. The van der Waals surface area contributed by atoms with Crippen molar-refractivity contribution in [3.63, 3.8) is 0 Å². The summed E-state index contributed by atoms with van der Waals surface area (Å²) < 4.78 is 8.22. The molecule has 1 heterocycles. The van der Waals surface area contributed by atoms with Crippen LogP contribution in [-0.4, -0.2) is 16.9 Å². The zero-order valence-electron chi connectivity index (χ0n) is 10.7. The molecule has 0 atom stereocenters. The molecule has 3 nitrogen and oxygen atoms in total. The summed E-state index contributed by atoms with van der Waals surface area (Å²) in [5, 5.41) is 5.10. The minimum absolute atomic E-state index is 0.719. The van der Waals surface area contributed by atoms with Crippen LogP contribution in [0.3, 0.4) is 0 Å². The van der Waals surface area contributed by atoms with Crippen LogP contribution >= 0.6 is 27.5 Å². The van der Waals surface area contributed by atoms with Crippen LogP contribution in [0.2, 0.25) is 5.02 Å². The summed E-state index contributed by atoms with van der Waals surface area (Å²) in [6.45, 7) is 3.91. The Morgan fingerprint density at radius 3 is 2.50 bits per heavy atom. The molecular weight excluding hydrogens is 316 g/mol. The fourth-order valence-corrected chi connectivity index (χ4v) is 2.65. The van der Waals surface area contributed by atoms with Gasteiger partial charge in [0.05, 0.1) is 23.0 Å². The van der Waals surface area contributed by atoms with Crippen molar-refractivity contribution in [1.82, 2.24) is 9.78 Å². The van der Waals surface area contributed by atoms with Crippen molar-refractivity contribution in [2.45, 2.75) is 13.8 Å². The minimum Gasteiger partial charge on any atom is -0.496 e. The van der Waals surface area contributed by atoms with Crippen LogP contribution in [0, 0.1) is 13.8 Å². The molecule has 18 heavy (non-hydrogen) atoms. The van der Waals surface area contributed by atoms with E-state index >= 15 is 0 Å². The number of halogens is 2. The molecule has 0 spiro atoms. The molecule has 1 aromatic heterocycles. The number of benzene rings is 1. The smallest absolute Gasteiger partial charge is 0.128 e. The summed E-state index contributed by atoms with van der Waals surface area (Å²) in [5.74, 6) is 0.792. The van der Waals surface area contributed by atoms with E-state index in [1.54, 1.807) is 7.11 Å². The second-order valence-corrected chi connectivity index (χ2v) is 5.37. The summed E-state index contributed by atoms with van der Waals surface area (Å²) in [6, 6.07) is 3.85. The van der Waals surface area contributed by atoms with E-state index in [9.17, 15) is 0 Å². The number of aromatic nitrogens is 2. The Balaban J connectivity index is 2.74. The SMILES string of the molecule is COc1cc(C)c(Cl)cc1-c1c(Br)c(C)nn1C. The van der Waals surface area contributed by atoms with Crippen LogP contribution in [0.15, 0.2) is 16.6 Å². The van der Waals surface area contributed by atoms with Crippen LogP contribution in [0.4, 0.5) is 0 Å². The van der Waals surface area contributed by atoms with Gasteiger partial charge in [0.25, 0.3) is 0 Å². The first-order valence-corrected chi connectivity index (χ1v) is 6.66. The lowest BCUT2D eigenvalue weighted by Crippen LogP contribution is -1.97. The molecule has 0 aliphatic rings. The first kappa shape index (κ1) is 13.4. The summed E-state index contributed by atoms with van der Waals surface area (Å²) in [4.78, 5) is 0. The van der Waals surface area contributed by atoms with E-state index in [-0.39, 0.29) is 0 Å². The molecule has 0 fully saturated rings. The third kappa shape index (κ3) is 2.15. The van der Waals surface area contributed by atoms with Gasteiger partial charge in [0.1, 0.15) is 5.75 Å². The van der Waals surface area contributed by atoms with Gasteiger partial charge < -0.3 is 4.74 Å². The van der Waals surface area contributed by atoms with Gasteiger partial charge in [0.15, 0.2) is 0 Å². The predicted octanol–water partition coefficient (Wildman–Crippen LogP) is 4.13. The molecule has 0 amide bonds. The predicted molar refractivity (Wildman–Crippen MR) is 77.4 cm³/mol. The third-order valence-corrected chi connectivity index (χ3v) is 4.24. The van der Waals surface area contributed by atoms with Gasteiger partial charge in [-0.2, -0.15) is 5.10 Å². The van der Waals surface area contributed by atoms with Gasteiger partial charge in [0.2, 0.25) is 0 Å². The van der Waals surface area contributed by atoms with Crippen molar-refractivity contribution >= 4 is 27.5 Å². The maximum absolute atomic E-state index is 6.20. The second kappa shape index (κ2) is 4.94. The number of aryl methyl sites for hydroxylation is 3. The fraction of sp³-hybridized carbons (Fsp3) is 0.308. The van der Waals surface area contributed by atoms with Crippen LogP contribution in [0.5, 0.6) is 5.75 Å². The molecule has 1 aromatic carbocycles. The first-order chi connectivity index (χ1) is 8.45. The summed E-state index contributed by atoms with van der Waals surface area (Å²) in [5.41, 5.74) is 3.83. The highest BCUT2D eigenvalue weighted by Gasteiger charge is 2.17. The Hall–Kier alpha value is -1.00. The average Bonchev–Trinajstić information content (AvgIpc) is 2.57. The zero-order chi connectivity index (χ0) is 13.4. The molecular formula is C13H14BrClN2O. The molecule has 5 heteroatoms.